The maximum absolute atomic E-state index is 14.2. The number of amides is 2. The molecule has 1 atom stereocenters. The summed E-state index contributed by atoms with van der Waals surface area (Å²) < 4.78 is 29.5. The fraction of sp³-hybridized carbons (Fsp3) is 0.355. The van der Waals surface area contributed by atoms with Gasteiger partial charge in [0.2, 0.25) is 11.8 Å². The molecule has 0 saturated heterocycles. The van der Waals surface area contributed by atoms with E-state index in [0.717, 1.165) is 36.4 Å². The molecule has 0 bridgehead atoms. The second-order valence-corrected chi connectivity index (χ2v) is 13.4. The molecule has 1 saturated carbocycles. The van der Waals surface area contributed by atoms with Gasteiger partial charge in [0.25, 0.3) is 10.0 Å². The van der Waals surface area contributed by atoms with E-state index in [2.05, 4.69) is 21.2 Å². The van der Waals surface area contributed by atoms with Crippen LogP contribution >= 0.6 is 27.5 Å². The molecule has 3 aromatic carbocycles. The van der Waals surface area contributed by atoms with Crippen molar-refractivity contribution in [2.24, 2.45) is 0 Å². The lowest BCUT2D eigenvalue weighted by atomic mass is 9.95. The van der Waals surface area contributed by atoms with E-state index in [0.29, 0.717) is 27.2 Å². The summed E-state index contributed by atoms with van der Waals surface area (Å²) in [7, 11) is -4.12. The van der Waals surface area contributed by atoms with Gasteiger partial charge in [-0.1, -0.05) is 96.2 Å². The Bertz CT molecular complexity index is 1450. The van der Waals surface area contributed by atoms with E-state index in [9.17, 15) is 18.0 Å². The number of nitrogens with one attached hydrogen (secondary N) is 1. The molecule has 7 nitrogen and oxygen atoms in total. The quantitative estimate of drug-likeness (QED) is 0.253. The van der Waals surface area contributed by atoms with E-state index >= 15 is 0 Å². The zero-order valence-corrected chi connectivity index (χ0v) is 26.2. The minimum absolute atomic E-state index is 0.0623. The Hall–Kier alpha value is -2.88. The van der Waals surface area contributed by atoms with Crippen LogP contribution in [0.4, 0.5) is 5.69 Å². The highest BCUT2D eigenvalue weighted by atomic mass is 79.9. The first kappa shape index (κ1) is 31.1. The van der Waals surface area contributed by atoms with Crippen molar-refractivity contribution in [3.8, 4) is 0 Å². The van der Waals surface area contributed by atoms with Gasteiger partial charge >= 0.3 is 0 Å². The predicted octanol–water partition coefficient (Wildman–Crippen LogP) is 6.55. The first-order chi connectivity index (χ1) is 19.7. The topological polar surface area (TPSA) is 86.8 Å². The highest BCUT2D eigenvalue weighted by molar-refractivity contribution is 9.10. The van der Waals surface area contributed by atoms with Gasteiger partial charge in [0.05, 0.1) is 10.6 Å². The van der Waals surface area contributed by atoms with Crippen LogP contribution in [0, 0.1) is 0 Å². The lowest BCUT2D eigenvalue weighted by Crippen LogP contribution is -2.54. The summed E-state index contributed by atoms with van der Waals surface area (Å²) in [6, 6.07) is 21.2. The molecule has 3 aromatic rings. The largest absolute Gasteiger partial charge is 0.352 e. The molecule has 1 aliphatic rings. The average molecular weight is 661 g/mol. The third-order valence-electron chi connectivity index (χ3n) is 7.34. The number of sulfonamides is 1. The molecule has 218 valence electrons. The molecule has 4 rings (SSSR count). The van der Waals surface area contributed by atoms with E-state index in [1.54, 1.807) is 60.7 Å². The van der Waals surface area contributed by atoms with Crippen molar-refractivity contribution in [2.45, 2.75) is 69.0 Å². The molecule has 1 fully saturated rings. The van der Waals surface area contributed by atoms with Crippen LogP contribution in [0.3, 0.4) is 0 Å². The summed E-state index contributed by atoms with van der Waals surface area (Å²) in [5.41, 5.74) is 1.00. The summed E-state index contributed by atoms with van der Waals surface area (Å²) in [6.07, 6.45) is 5.45. The van der Waals surface area contributed by atoms with Crippen LogP contribution in [-0.4, -0.2) is 43.8 Å². The van der Waals surface area contributed by atoms with Gasteiger partial charge in [-0.2, -0.15) is 0 Å². The molecule has 1 aliphatic carbocycles. The van der Waals surface area contributed by atoms with Crippen molar-refractivity contribution in [3.63, 3.8) is 0 Å². The molecule has 0 radical (unpaired) electrons. The minimum Gasteiger partial charge on any atom is -0.352 e. The lowest BCUT2D eigenvalue weighted by molar-refractivity contribution is -0.140. The second kappa shape index (κ2) is 14.3. The molecule has 0 spiro atoms. The molecular formula is C31H35BrClN3O4S. The van der Waals surface area contributed by atoms with Crippen LogP contribution in [0.5, 0.6) is 0 Å². The highest BCUT2D eigenvalue weighted by Crippen LogP contribution is 2.28. The van der Waals surface area contributed by atoms with Crippen molar-refractivity contribution in [2.75, 3.05) is 10.8 Å². The third-order valence-corrected chi connectivity index (χ3v) is 9.99. The smallest absolute Gasteiger partial charge is 0.264 e. The van der Waals surface area contributed by atoms with Crippen LogP contribution in [0.2, 0.25) is 5.02 Å². The standard InChI is InChI=1S/C31H35BrClN3O4S/c1-2-29(31(38)34-25-14-5-3-6-15-25)35(21-23-12-9-10-19-28(23)33)30(37)22-36(26-16-11-13-24(32)20-26)41(39,40)27-17-7-4-8-18-27/h4,7-13,16-20,25,29H,2-3,5-6,14-15,21-22H2,1H3,(H,34,38). The molecule has 1 N–H and O–H groups in total. The van der Waals surface area contributed by atoms with Crippen molar-refractivity contribution < 1.29 is 18.0 Å². The number of benzene rings is 3. The number of hydrogen-bond donors (Lipinski definition) is 1. The zero-order valence-electron chi connectivity index (χ0n) is 23.0. The van der Waals surface area contributed by atoms with Gasteiger partial charge in [-0.25, -0.2) is 8.42 Å². The van der Waals surface area contributed by atoms with E-state index in [1.807, 2.05) is 13.0 Å². The number of nitrogens with zero attached hydrogens (tertiary/aromatic N) is 2. The average Bonchev–Trinajstić information content (AvgIpc) is 2.97. The van der Waals surface area contributed by atoms with Crippen LogP contribution in [0.15, 0.2) is 88.2 Å². The van der Waals surface area contributed by atoms with Gasteiger partial charge in [0.15, 0.2) is 0 Å². The molecule has 41 heavy (non-hydrogen) atoms. The number of anilines is 1. The van der Waals surface area contributed by atoms with Gasteiger partial charge in [-0.05, 0) is 61.2 Å². The molecule has 0 aromatic heterocycles. The summed E-state index contributed by atoms with van der Waals surface area (Å²) in [5, 5.41) is 3.62. The Balaban J connectivity index is 1.71. The van der Waals surface area contributed by atoms with Gasteiger partial charge in [-0.15, -0.1) is 0 Å². The fourth-order valence-corrected chi connectivity index (χ4v) is 7.16. The van der Waals surface area contributed by atoms with E-state index in [-0.39, 0.29) is 23.4 Å². The van der Waals surface area contributed by atoms with Crippen LogP contribution in [0.1, 0.15) is 51.0 Å². The number of hydrogen-bond acceptors (Lipinski definition) is 4. The van der Waals surface area contributed by atoms with Crippen LogP contribution < -0.4 is 9.62 Å². The first-order valence-electron chi connectivity index (χ1n) is 13.9. The molecule has 2 amide bonds. The SMILES string of the molecule is CCC(C(=O)NC1CCCCC1)N(Cc1ccccc1Cl)C(=O)CN(c1cccc(Br)c1)S(=O)(=O)c1ccccc1. The van der Waals surface area contributed by atoms with E-state index in [4.69, 9.17) is 11.6 Å². The predicted molar refractivity (Wildman–Crippen MR) is 166 cm³/mol. The van der Waals surface area contributed by atoms with Gasteiger partial charge in [0, 0.05) is 22.1 Å². The molecular weight excluding hydrogens is 626 g/mol. The van der Waals surface area contributed by atoms with E-state index < -0.39 is 28.5 Å². The Kier molecular flexibility index (Phi) is 10.9. The summed E-state index contributed by atoms with van der Waals surface area (Å²) in [4.78, 5) is 29.3. The number of halogens is 2. The maximum Gasteiger partial charge on any atom is 0.264 e. The Morgan fingerprint density at radius 1 is 0.976 bits per heavy atom. The second-order valence-electron chi connectivity index (χ2n) is 10.2. The first-order valence-corrected chi connectivity index (χ1v) is 16.5. The number of carbonyl (C=O) groups excluding carboxylic acids is 2. The zero-order chi connectivity index (χ0) is 29.4. The normalized spacial score (nSPS) is 14.7. The Labute approximate surface area is 256 Å². The highest BCUT2D eigenvalue weighted by Gasteiger charge is 2.34. The van der Waals surface area contributed by atoms with Gasteiger partial charge < -0.3 is 10.2 Å². The van der Waals surface area contributed by atoms with E-state index in [1.165, 1.54) is 17.0 Å². The van der Waals surface area contributed by atoms with Gasteiger partial charge in [-0.3, -0.25) is 13.9 Å². The van der Waals surface area contributed by atoms with Crippen molar-refractivity contribution in [1.82, 2.24) is 10.2 Å². The van der Waals surface area contributed by atoms with Crippen LogP contribution in [-0.2, 0) is 26.2 Å². The van der Waals surface area contributed by atoms with Gasteiger partial charge in [0.1, 0.15) is 12.6 Å². The number of rotatable bonds is 11. The Morgan fingerprint density at radius 3 is 2.32 bits per heavy atom. The van der Waals surface area contributed by atoms with Crippen LogP contribution in [0.25, 0.3) is 0 Å². The monoisotopic (exact) mass is 659 g/mol. The van der Waals surface area contributed by atoms with Crippen molar-refractivity contribution in [1.29, 1.82) is 0 Å². The summed E-state index contributed by atoms with van der Waals surface area (Å²) in [6.45, 7) is 1.42. The lowest BCUT2D eigenvalue weighted by Gasteiger charge is -2.34. The molecule has 0 heterocycles. The fourth-order valence-electron chi connectivity index (χ4n) is 5.15. The molecule has 0 aliphatic heterocycles. The Morgan fingerprint density at radius 2 is 1.66 bits per heavy atom. The molecule has 1 unspecified atom stereocenters. The van der Waals surface area contributed by atoms with Crippen molar-refractivity contribution >= 4 is 55.1 Å². The summed E-state index contributed by atoms with van der Waals surface area (Å²) in [5.74, 6) is -0.741. The molecule has 10 heteroatoms. The third kappa shape index (κ3) is 7.90. The number of carbonyl (C=O) groups is 2. The minimum atomic E-state index is -4.12. The maximum atomic E-state index is 14.2. The summed E-state index contributed by atoms with van der Waals surface area (Å²) >= 11 is 9.89. The van der Waals surface area contributed by atoms with Crippen molar-refractivity contribution in [3.05, 3.63) is 93.9 Å².